The molecule has 0 heterocycles. The van der Waals surface area contributed by atoms with Crippen molar-refractivity contribution < 1.29 is 9.18 Å². The lowest BCUT2D eigenvalue weighted by atomic mass is 10.2. The third-order valence-electron chi connectivity index (χ3n) is 2.49. The number of carbonyl (C=O) groups is 1. The number of carbonyl (C=O) groups excluding carboxylic acids is 1. The molecule has 2 nitrogen and oxygen atoms in total. The zero-order valence-electron chi connectivity index (χ0n) is 10.3. The van der Waals surface area contributed by atoms with Crippen molar-refractivity contribution in [2.75, 3.05) is 5.32 Å². The summed E-state index contributed by atoms with van der Waals surface area (Å²) in [6, 6.07) is 14.9. The van der Waals surface area contributed by atoms with Gasteiger partial charge in [-0.1, -0.05) is 35.9 Å². The highest BCUT2D eigenvalue weighted by Crippen LogP contribution is 2.12. The maximum Gasteiger partial charge on any atom is 0.128 e. The van der Waals surface area contributed by atoms with E-state index in [1.165, 1.54) is 11.6 Å². The van der Waals surface area contributed by atoms with Crippen molar-refractivity contribution in [2.24, 2.45) is 0 Å². The molecular formula is C15H16FNO. The smallest absolute Gasteiger partial charge is 0.128 e. The Kier molecular flexibility index (Phi) is 5.58. The maximum atomic E-state index is 13.3. The van der Waals surface area contributed by atoms with Gasteiger partial charge < -0.3 is 10.1 Å². The highest BCUT2D eigenvalue weighted by molar-refractivity contribution is 5.44. The van der Waals surface area contributed by atoms with Gasteiger partial charge in [0.05, 0.1) is 0 Å². The summed E-state index contributed by atoms with van der Waals surface area (Å²) in [5.41, 5.74) is 2.91. The van der Waals surface area contributed by atoms with Crippen LogP contribution in [0.1, 0.15) is 11.1 Å². The predicted molar refractivity (Wildman–Crippen MR) is 72.0 cm³/mol. The molecule has 0 saturated carbocycles. The van der Waals surface area contributed by atoms with E-state index in [-0.39, 0.29) is 5.82 Å². The van der Waals surface area contributed by atoms with Crippen LogP contribution in [0.15, 0.2) is 48.5 Å². The molecule has 0 radical (unpaired) electrons. The Hall–Kier alpha value is -2.16. The van der Waals surface area contributed by atoms with Gasteiger partial charge >= 0.3 is 0 Å². The minimum atomic E-state index is -0.165. The number of rotatable bonds is 3. The first-order valence-corrected chi connectivity index (χ1v) is 5.58. The lowest BCUT2D eigenvalue weighted by molar-refractivity contribution is -0.0979. The van der Waals surface area contributed by atoms with Crippen LogP contribution in [-0.4, -0.2) is 6.79 Å². The van der Waals surface area contributed by atoms with Crippen molar-refractivity contribution in [2.45, 2.75) is 13.5 Å². The molecule has 0 aliphatic heterocycles. The van der Waals surface area contributed by atoms with E-state index in [4.69, 9.17) is 4.79 Å². The fourth-order valence-electron chi connectivity index (χ4n) is 1.51. The van der Waals surface area contributed by atoms with Crippen LogP contribution < -0.4 is 5.32 Å². The summed E-state index contributed by atoms with van der Waals surface area (Å²) >= 11 is 0. The molecule has 0 amide bonds. The van der Waals surface area contributed by atoms with Crippen molar-refractivity contribution in [1.82, 2.24) is 0 Å². The number of aryl methyl sites for hydroxylation is 1. The summed E-state index contributed by atoms with van der Waals surface area (Å²) < 4.78 is 13.3. The highest BCUT2D eigenvalue weighted by Gasteiger charge is 1.99. The van der Waals surface area contributed by atoms with Gasteiger partial charge in [-0.3, -0.25) is 0 Å². The van der Waals surface area contributed by atoms with Gasteiger partial charge in [0.1, 0.15) is 12.6 Å². The van der Waals surface area contributed by atoms with Gasteiger partial charge in [0.2, 0.25) is 0 Å². The molecule has 0 atom stereocenters. The van der Waals surface area contributed by atoms with E-state index in [9.17, 15) is 4.39 Å². The van der Waals surface area contributed by atoms with E-state index >= 15 is 0 Å². The second-order valence-electron chi connectivity index (χ2n) is 3.81. The molecule has 0 aliphatic carbocycles. The average molecular weight is 245 g/mol. The van der Waals surface area contributed by atoms with Crippen molar-refractivity contribution in [3.63, 3.8) is 0 Å². The van der Waals surface area contributed by atoms with Gasteiger partial charge in [0, 0.05) is 17.8 Å². The van der Waals surface area contributed by atoms with Crippen molar-refractivity contribution in [3.8, 4) is 0 Å². The molecule has 0 aromatic heterocycles. The van der Waals surface area contributed by atoms with E-state index in [0.29, 0.717) is 12.1 Å². The van der Waals surface area contributed by atoms with Crippen LogP contribution in [0.5, 0.6) is 0 Å². The van der Waals surface area contributed by atoms with Crippen LogP contribution in [-0.2, 0) is 11.3 Å². The molecule has 2 aromatic rings. The van der Waals surface area contributed by atoms with Crippen molar-refractivity contribution in [3.05, 3.63) is 65.5 Å². The molecule has 0 unspecified atom stereocenters. The van der Waals surface area contributed by atoms with Crippen molar-refractivity contribution in [1.29, 1.82) is 0 Å². The van der Waals surface area contributed by atoms with Crippen LogP contribution in [0.25, 0.3) is 0 Å². The van der Waals surface area contributed by atoms with Gasteiger partial charge in [-0.2, -0.15) is 0 Å². The standard InChI is InChI=1S/C14H14FN.CH2O/c1-11-6-8-13(9-7-11)16-10-12-4-2-3-5-14(12)15;1-2/h2-9,16H,10H2,1H3;1H2. The van der Waals surface area contributed by atoms with Gasteiger partial charge in [-0.25, -0.2) is 4.39 Å². The summed E-state index contributed by atoms with van der Waals surface area (Å²) in [5, 5.41) is 3.19. The lowest BCUT2D eigenvalue weighted by Crippen LogP contribution is -2.01. The van der Waals surface area contributed by atoms with Crippen molar-refractivity contribution >= 4 is 12.5 Å². The van der Waals surface area contributed by atoms with E-state index in [1.807, 2.05) is 44.0 Å². The number of hydrogen-bond donors (Lipinski definition) is 1. The number of nitrogens with one attached hydrogen (secondary N) is 1. The maximum absolute atomic E-state index is 13.3. The Morgan fingerprint density at radius 1 is 1.06 bits per heavy atom. The molecule has 18 heavy (non-hydrogen) atoms. The Balaban J connectivity index is 0.000000771. The molecule has 0 spiro atoms. The summed E-state index contributed by atoms with van der Waals surface area (Å²) in [7, 11) is 0. The first kappa shape index (κ1) is 13.9. The number of anilines is 1. The SMILES string of the molecule is C=O.Cc1ccc(NCc2ccccc2F)cc1. The fraction of sp³-hybridized carbons (Fsp3) is 0.133. The van der Waals surface area contributed by atoms with Gasteiger partial charge in [0.15, 0.2) is 0 Å². The lowest BCUT2D eigenvalue weighted by Gasteiger charge is -2.07. The Bertz CT molecular complexity index is 482. The van der Waals surface area contributed by atoms with E-state index in [1.54, 1.807) is 12.1 Å². The third kappa shape index (κ3) is 4.01. The number of benzene rings is 2. The Labute approximate surface area is 106 Å². The fourth-order valence-corrected chi connectivity index (χ4v) is 1.51. The zero-order chi connectivity index (χ0) is 13.4. The number of hydrogen-bond acceptors (Lipinski definition) is 2. The van der Waals surface area contributed by atoms with Crippen LogP contribution in [0.3, 0.4) is 0 Å². The molecule has 2 aromatic carbocycles. The molecule has 0 fully saturated rings. The first-order chi connectivity index (χ1) is 8.75. The van der Waals surface area contributed by atoms with E-state index in [2.05, 4.69) is 5.32 Å². The van der Waals surface area contributed by atoms with Crippen LogP contribution >= 0.6 is 0 Å². The highest BCUT2D eigenvalue weighted by atomic mass is 19.1. The molecule has 0 aliphatic rings. The minimum Gasteiger partial charge on any atom is -0.381 e. The van der Waals surface area contributed by atoms with Crippen LogP contribution in [0.4, 0.5) is 10.1 Å². The third-order valence-corrected chi connectivity index (χ3v) is 2.49. The molecule has 3 heteroatoms. The second kappa shape index (κ2) is 7.22. The Morgan fingerprint density at radius 2 is 1.67 bits per heavy atom. The zero-order valence-corrected chi connectivity index (χ0v) is 10.3. The first-order valence-electron chi connectivity index (χ1n) is 5.58. The molecule has 0 bridgehead atoms. The van der Waals surface area contributed by atoms with Gasteiger partial charge in [-0.15, -0.1) is 0 Å². The van der Waals surface area contributed by atoms with E-state index in [0.717, 1.165) is 5.69 Å². The minimum absolute atomic E-state index is 0.165. The second-order valence-corrected chi connectivity index (χ2v) is 3.81. The molecular weight excluding hydrogens is 229 g/mol. The van der Waals surface area contributed by atoms with Crippen LogP contribution in [0.2, 0.25) is 0 Å². The largest absolute Gasteiger partial charge is 0.381 e. The normalized spacial score (nSPS) is 9.22. The molecule has 1 N–H and O–H groups in total. The summed E-state index contributed by atoms with van der Waals surface area (Å²) in [6.45, 7) is 4.55. The number of halogens is 1. The quantitative estimate of drug-likeness (QED) is 0.895. The summed E-state index contributed by atoms with van der Waals surface area (Å²) in [6.07, 6.45) is 0. The van der Waals surface area contributed by atoms with Gasteiger partial charge in [-0.05, 0) is 25.1 Å². The van der Waals surface area contributed by atoms with Crippen LogP contribution in [0, 0.1) is 12.7 Å². The average Bonchev–Trinajstić information content (AvgIpc) is 2.42. The Morgan fingerprint density at radius 3 is 2.28 bits per heavy atom. The topological polar surface area (TPSA) is 29.1 Å². The molecule has 0 saturated heterocycles. The van der Waals surface area contributed by atoms with E-state index < -0.39 is 0 Å². The monoisotopic (exact) mass is 245 g/mol. The summed E-state index contributed by atoms with van der Waals surface area (Å²) in [4.78, 5) is 8.00. The molecule has 94 valence electrons. The molecule has 2 rings (SSSR count). The predicted octanol–water partition coefficient (Wildman–Crippen LogP) is 3.56. The van der Waals surface area contributed by atoms with Gasteiger partial charge in [0.25, 0.3) is 0 Å². The summed E-state index contributed by atoms with van der Waals surface area (Å²) in [5.74, 6) is -0.165.